The number of aryl methyl sites for hydroxylation is 1. The lowest BCUT2D eigenvalue weighted by molar-refractivity contribution is 0.350. The van der Waals surface area contributed by atoms with Crippen LogP contribution in [-0.2, 0) is 13.5 Å². The van der Waals surface area contributed by atoms with Crippen molar-refractivity contribution in [2.75, 3.05) is 6.54 Å². The van der Waals surface area contributed by atoms with Crippen LogP contribution < -0.4 is 5.32 Å². The molecule has 1 aliphatic carbocycles. The van der Waals surface area contributed by atoms with Gasteiger partial charge >= 0.3 is 0 Å². The quantitative estimate of drug-likeness (QED) is 0.840. The van der Waals surface area contributed by atoms with Crippen LogP contribution in [0.4, 0.5) is 0 Å². The molecule has 1 N–H and O–H groups in total. The van der Waals surface area contributed by atoms with Crippen LogP contribution in [0, 0.1) is 5.41 Å². The van der Waals surface area contributed by atoms with E-state index in [1.54, 1.807) is 6.33 Å². The van der Waals surface area contributed by atoms with Gasteiger partial charge in [-0.25, -0.2) is 4.98 Å². The van der Waals surface area contributed by atoms with E-state index >= 15 is 0 Å². The van der Waals surface area contributed by atoms with E-state index in [-0.39, 0.29) is 5.54 Å². The minimum atomic E-state index is 0.204. The Bertz CT molecular complexity index is 357. The summed E-state index contributed by atoms with van der Waals surface area (Å²) in [4.78, 5) is 4.31. The number of hydrogen-bond acceptors (Lipinski definition) is 3. The second kappa shape index (κ2) is 3.84. The SMILES string of the molecule is Cn1ncnc1CC1(CNC(C)(C)C)CC1. The van der Waals surface area contributed by atoms with E-state index in [0.717, 1.165) is 18.8 Å². The van der Waals surface area contributed by atoms with E-state index in [1.807, 2.05) is 11.7 Å². The third-order valence-electron chi connectivity index (χ3n) is 3.29. The van der Waals surface area contributed by atoms with Crippen molar-refractivity contribution >= 4 is 0 Å². The lowest BCUT2D eigenvalue weighted by atomic mass is 9.99. The first-order valence-electron chi connectivity index (χ1n) is 5.98. The monoisotopic (exact) mass is 222 g/mol. The zero-order chi connectivity index (χ0) is 11.8. The number of nitrogens with zero attached hydrogens (tertiary/aromatic N) is 3. The first-order chi connectivity index (χ1) is 7.40. The van der Waals surface area contributed by atoms with Gasteiger partial charge in [0.15, 0.2) is 0 Å². The second-order valence-electron chi connectivity index (χ2n) is 6.08. The first kappa shape index (κ1) is 11.6. The van der Waals surface area contributed by atoms with Crippen LogP contribution in [0.1, 0.15) is 39.4 Å². The summed E-state index contributed by atoms with van der Waals surface area (Å²) in [6.45, 7) is 7.73. The van der Waals surface area contributed by atoms with Gasteiger partial charge in [-0.05, 0) is 39.0 Å². The molecule has 4 nitrogen and oxygen atoms in total. The summed E-state index contributed by atoms with van der Waals surface area (Å²) in [6.07, 6.45) is 5.31. The van der Waals surface area contributed by atoms with E-state index in [1.165, 1.54) is 12.8 Å². The molecule has 1 heterocycles. The van der Waals surface area contributed by atoms with Gasteiger partial charge in [0.2, 0.25) is 0 Å². The summed E-state index contributed by atoms with van der Waals surface area (Å²) in [5.41, 5.74) is 0.642. The fourth-order valence-electron chi connectivity index (χ4n) is 1.86. The molecule has 90 valence electrons. The lowest BCUT2D eigenvalue weighted by Gasteiger charge is -2.24. The van der Waals surface area contributed by atoms with E-state index in [0.29, 0.717) is 5.41 Å². The molecule has 16 heavy (non-hydrogen) atoms. The van der Waals surface area contributed by atoms with Crippen molar-refractivity contribution < 1.29 is 0 Å². The van der Waals surface area contributed by atoms with Gasteiger partial charge in [0.05, 0.1) is 0 Å². The van der Waals surface area contributed by atoms with Crippen molar-refractivity contribution in [2.24, 2.45) is 12.5 Å². The topological polar surface area (TPSA) is 42.7 Å². The molecular formula is C12H22N4. The maximum atomic E-state index is 4.31. The molecular weight excluding hydrogens is 200 g/mol. The van der Waals surface area contributed by atoms with Crippen LogP contribution in [0.3, 0.4) is 0 Å². The third-order valence-corrected chi connectivity index (χ3v) is 3.29. The van der Waals surface area contributed by atoms with Gasteiger partial charge in [0.1, 0.15) is 12.2 Å². The standard InChI is InChI=1S/C12H22N4/c1-11(2,3)14-8-12(5-6-12)7-10-13-9-15-16(10)4/h9,14H,5-8H2,1-4H3. The summed E-state index contributed by atoms with van der Waals surface area (Å²) in [5.74, 6) is 1.10. The largest absolute Gasteiger partial charge is 0.312 e. The van der Waals surface area contributed by atoms with Gasteiger partial charge < -0.3 is 5.32 Å². The molecule has 4 heteroatoms. The van der Waals surface area contributed by atoms with Crippen molar-refractivity contribution in [1.29, 1.82) is 0 Å². The Morgan fingerprint density at radius 1 is 1.44 bits per heavy atom. The van der Waals surface area contributed by atoms with Crippen molar-refractivity contribution in [3.05, 3.63) is 12.2 Å². The Hall–Kier alpha value is -0.900. The zero-order valence-electron chi connectivity index (χ0n) is 10.7. The van der Waals surface area contributed by atoms with Crippen LogP contribution >= 0.6 is 0 Å². The van der Waals surface area contributed by atoms with Gasteiger partial charge in [-0.3, -0.25) is 4.68 Å². The summed E-state index contributed by atoms with van der Waals surface area (Å²) < 4.78 is 1.89. The molecule has 1 saturated carbocycles. The highest BCUT2D eigenvalue weighted by molar-refractivity contribution is 5.03. The van der Waals surface area contributed by atoms with Crippen LogP contribution in [0.25, 0.3) is 0 Å². The number of rotatable bonds is 4. The third kappa shape index (κ3) is 2.82. The molecule has 1 aromatic rings. The van der Waals surface area contributed by atoms with Gasteiger partial charge in [0.25, 0.3) is 0 Å². The van der Waals surface area contributed by atoms with Crippen LogP contribution in [0.15, 0.2) is 6.33 Å². The molecule has 1 fully saturated rings. The maximum Gasteiger partial charge on any atom is 0.138 e. The Labute approximate surface area is 97.5 Å². The molecule has 0 amide bonds. The molecule has 0 atom stereocenters. The van der Waals surface area contributed by atoms with Crippen molar-refractivity contribution in [3.8, 4) is 0 Å². The summed E-state index contributed by atoms with van der Waals surface area (Å²) in [7, 11) is 1.97. The van der Waals surface area contributed by atoms with Gasteiger partial charge in [-0.1, -0.05) is 0 Å². The average Bonchev–Trinajstić information content (AvgIpc) is 2.83. The predicted molar refractivity (Wildman–Crippen MR) is 64.1 cm³/mol. The van der Waals surface area contributed by atoms with E-state index in [4.69, 9.17) is 0 Å². The van der Waals surface area contributed by atoms with Crippen molar-refractivity contribution in [2.45, 2.75) is 45.6 Å². The molecule has 2 rings (SSSR count). The van der Waals surface area contributed by atoms with Gasteiger partial charge in [0, 0.05) is 25.6 Å². The number of nitrogens with one attached hydrogen (secondary N) is 1. The van der Waals surface area contributed by atoms with Crippen LogP contribution in [0.2, 0.25) is 0 Å². The summed E-state index contributed by atoms with van der Waals surface area (Å²) >= 11 is 0. The van der Waals surface area contributed by atoms with Crippen LogP contribution in [0.5, 0.6) is 0 Å². The second-order valence-corrected chi connectivity index (χ2v) is 6.08. The summed E-state index contributed by atoms with van der Waals surface area (Å²) in [6, 6.07) is 0. The van der Waals surface area contributed by atoms with Crippen molar-refractivity contribution in [3.63, 3.8) is 0 Å². The van der Waals surface area contributed by atoms with Crippen molar-refractivity contribution in [1.82, 2.24) is 20.1 Å². The molecule has 0 saturated heterocycles. The fourth-order valence-corrected chi connectivity index (χ4v) is 1.86. The Balaban J connectivity index is 1.92. The highest BCUT2D eigenvalue weighted by atomic mass is 15.3. The molecule has 0 aliphatic heterocycles. The minimum Gasteiger partial charge on any atom is -0.312 e. The minimum absolute atomic E-state index is 0.204. The highest BCUT2D eigenvalue weighted by Gasteiger charge is 2.43. The van der Waals surface area contributed by atoms with Crippen LogP contribution in [-0.4, -0.2) is 26.8 Å². The van der Waals surface area contributed by atoms with E-state index in [2.05, 4.69) is 36.2 Å². The Morgan fingerprint density at radius 3 is 2.56 bits per heavy atom. The summed E-state index contributed by atoms with van der Waals surface area (Å²) in [5, 5.41) is 7.72. The Kier molecular flexibility index (Phi) is 2.78. The highest BCUT2D eigenvalue weighted by Crippen LogP contribution is 2.47. The molecule has 1 aromatic heterocycles. The predicted octanol–water partition coefficient (Wildman–Crippen LogP) is 1.53. The molecule has 0 spiro atoms. The zero-order valence-corrected chi connectivity index (χ0v) is 10.7. The molecule has 1 aliphatic rings. The number of aromatic nitrogens is 3. The molecule has 0 aromatic carbocycles. The lowest BCUT2D eigenvalue weighted by Crippen LogP contribution is -2.40. The first-order valence-corrected chi connectivity index (χ1v) is 5.98. The maximum absolute atomic E-state index is 4.31. The average molecular weight is 222 g/mol. The van der Waals surface area contributed by atoms with E-state index in [9.17, 15) is 0 Å². The van der Waals surface area contributed by atoms with E-state index < -0.39 is 0 Å². The van der Waals surface area contributed by atoms with Gasteiger partial charge in [-0.15, -0.1) is 0 Å². The van der Waals surface area contributed by atoms with Gasteiger partial charge in [-0.2, -0.15) is 5.10 Å². The fraction of sp³-hybridized carbons (Fsp3) is 0.833. The normalized spacial score (nSPS) is 18.8. The Morgan fingerprint density at radius 2 is 2.12 bits per heavy atom. The molecule has 0 radical (unpaired) electrons. The molecule has 0 unspecified atom stereocenters. The molecule has 0 bridgehead atoms. The number of hydrogen-bond donors (Lipinski definition) is 1. The smallest absolute Gasteiger partial charge is 0.138 e.